The van der Waals surface area contributed by atoms with Crippen molar-refractivity contribution in [3.8, 4) is 0 Å². The van der Waals surface area contributed by atoms with Crippen LogP contribution in [0.15, 0.2) is 0 Å². The van der Waals surface area contributed by atoms with Crippen molar-refractivity contribution in [1.29, 1.82) is 0 Å². The van der Waals surface area contributed by atoms with Crippen molar-refractivity contribution in [1.82, 2.24) is 5.32 Å². The Labute approximate surface area is 89.7 Å². The van der Waals surface area contributed by atoms with Crippen molar-refractivity contribution >= 4 is 0 Å². The lowest BCUT2D eigenvalue weighted by molar-refractivity contribution is 0.322. The number of nitrogens with one attached hydrogen (secondary N) is 1. The molecular weight excluding hydrogens is 170 g/mol. The van der Waals surface area contributed by atoms with E-state index in [0.29, 0.717) is 16.9 Å². The van der Waals surface area contributed by atoms with E-state index in [0.717, 1.165) is 18.4 Å². The maximum Gasteiger partial charge on any atom is 0.0129 e. The highest BCUT2D eigenvalue weighted by atomic mass is 15.0. The molecule has 0 radical (unpaired) electrons. The molecule has 84 valence electrons. The molecule has 1 unspecified atom stereocenters. The second-order valence-corrected chi connectivity index (χ2v) is 6.25. The maximum atomic E-state index is 3.66. The first-order valence-electron chi connectivity index (χ1n) is 6.00. The van der Waals surface area contributed by atoms with Gasteiger partial charge in [0.05, 0.1) is 0 Å². The van der Waals surface area contributed by atoms with Crippen LogP contribution in [0.25, 0.3) is 0 Å². The fourth-order valence-electron chi connectivity index (χ4n) is 3.12. The van der Waals surface area contributed by atoms with Gasteiger partial charge in [0, 0.05) is 6.04 Å². The molecule has 0 heterocycles. The predicted octanol–water partition coefficient (Wildman–Crippen LogP) is 3.30. The van der Waals surface area contributed by atoms with Gasteiger partial charge in [-0.15, -0.1) is 0 Å². The van der Waals surface area contributed by atoms with Gasteiger partial charge >= 0.3 is 0 Å². The molecule has 0 amide bonds. The van der Waals surface area contributed by atoms with Crippen molar-refractivity contribution in [2.24, 2.45) is 22.7 Å². The second-order valence-electron chi connectivity index (χ2n) is 6.25. The third-order valence-electron chi connectivity index (χ3n) is 4.65. The van der Waals surface area contributed by atoms with Crippen molar-refractivity contribution < 1.29 is 0 Å². The summed E-state index contributed by atoms with van der Waals surface area (Å²) in [7, 11) is 0. The lowest BCUT2D eigenvalue weighted by Gasteiger charge is -2.24. The summed E-state index contributed by atoms with van der Waals surface area (Å²) in [6.45, 7) is 17.6. The summed E-state index contributed by atoms with van der Waals surface area (Å²) < 4.78 is 0. The molecule has 0 aromatic rings. The topological polar surface area (TPSA) is 12.0 Å². The van der Waals surface area contributed by atoms with Crippen LogP contribution < -0.4 is 5.32 Å². The first-order chi connectivity index (χ1) is 6.26. The Morgan fingerprint density at radius 2 is 1.50 bits per heavy atom. The first-order valence-corrected chi connectivity index (χ1v) is 6.00. The average Bonchev–Trinajstić information content (AvgIpc) is 2.40. The summed E-state index contributed by atoms with van der Waals surface area (Å²) in [5.74, 6) is 1.57. The fourth-order valence-corrected chi connectivity index (χ4v) is 3.12. The Morgan fingerprint density at radius 1 is 1.07 bits per heavy atom. The van der Waals surface area contributed by atoms with Crippen LogP contribution in [0, 0.1) is 22.7 Å². The van der Waals surface area contributed by atoms with Gasteiger partial charge in [0.25, 0.3) is 0 Å². The summed E-state index contributed by atoms with van der Waals surface area (Å²) in [5.41, 5.74) is 1.01. The molecule has 0 spiro atoms. The van der Waals surface area contributed by atoms with E-state index in [2.05, 4.69) is 53.8 Å². The van der Waals surface area contributed by atoms with Gasteiger partial charge in [-0.25, -0.2) is 0 Å². The molecule has 0 aromatic heterocycles. The molecule has 1 fully saturated rings. The molecule has 1 aliphatic rings. The standard InChI is InChI=1S/C13H27N/c1-8-14-10(9(2)3)11-12(4,5)13(11,6)7/h9-11,14H,8H2,1-7H3. The van der Waals surface area contributed by atoms with Gasteiger partial charge in [-0.1, -0.05) is 48.5 Å². The van der Waals surface area contributed by atoms with E-state index in [1.807, 2.05) is 0 Å². The fraction of sp³-hybridized carbons (Fsp3) is 1.00. The second kappa shape index (κ2) is 3.52. The Kier molecular flexibility index (Phi) is 3.02. The molecule has 14 heavy (non-hydrogen) atoms. The van der Waals surface area contributed by atoms with Crippen molar-refractivity contribution in [2.45, 2.75) is 54.5 Å². The lowest BCUT2D eigenvalue weighted by atomic mass is 9.94. The highest BCUT2D eigenvalue weighted by Crippen LogP contribution is 2.70. The van der Waals surface area contributed by atoms with E-state index in [4.69, 9.17) is 0 Å². The zero-order valence-electron chi connectivity index (χ0n) is 10.9. The van der Waals surface area contributed by atoms with Crippen LogP contribution in [0.4, 0.5) is 0 Å². The van der Waals surface area contributed by atoms with Crippen LogP contribution in [0.5, 0.6) is 0 Å². The minimum atomic E-state index is 0.504. The largest absolute Gasteiger partial charge is 0.314 e. The smallest absolute Gasteiger partial charge is 0.0129 e. The summed E-state index contributed by atoms with van der Waals surface area (Å²) >= 11 is 0. The summed E-state index contributed by atoms with van der Waals surface area (Å²) in [5, 5.41) is 3.66. The van der Waals surface area contributed by atoms with Crippen molar-refractivity contribution in [2.75, 3.05) is 6.54 Å². The van der Waals surface area contributed by atoms with Crippen LogP contribution in [-0.2, 0) is 0 Å². The highest BCUT2D eigenvalue weighted by molar-refractivity contribution is 5.16. The van der Waals surface area contributed by atoms with E-state index in [1.165, 1.54) is 0 Å². The molecule has 1 N–H and O–H groups in total. The third kappa shape index (κ3) is 1.60. The summed E-state index contributed by atoms with van der Waals surface area (Å²) in [6.07, 6.45) is 0. The number of hydrogen-bond acceptors (Lipinski definition) is 1. The lowest BCUT2D eigenvalue weighted by Crippen LogP contribution is -2.37. The van der Waals surface area contributed by atoms with E-state index in [1.54, 1.807) is 0 Å². The zero-order valence-corrected chi connectivity index (χ0v) is 10.9. The predicted molar refractivity (Wildman–Crippen MR) is 63.4 cm³/mol. The summed E-state index contributed by atoms with van der Waals surface area (Å²) in [4.78, 5) is 0. The molecule has 1 nitrogen and oxygen atoms in total. The van der Waals surface area contributed by atoms with Gasteiger partial charge < -0.3 is 5.32 Å². The van der Waals surface area contributed by atoms with Crippen molar-refractivity contribution in [3.05, 3.63) is 0 Å². The van der Waals surface area contributed by atoms with Gasteiger partial charge in [-0.3, -0.25) is 0 Å². The number of rotatable bonds is 4. The minimum absolute atomic E-state index is 0.504. The Hall–Kier alpha value is -0.0400. The molecular formula is C13H27N. The van der Waals surface area contributed by atoms with Crippen LogP contribution in [0.2, 0.25) is 0 Å². The normalized spacial score (nSPS) is 26.6. The number of hydrogen-bond donors (Lipinski definition) is 1. The van der Waals surface area contributed by atoms with Crippen LogP contribution in [-0.4, -0.2) is 12.6 Å². The Balaban J connectivity index is 2.73. The van der Waals surface area contributed by atoms with Crippen molar-refractivity contribution in [3.63, 3.8) is 0 Å². The summed E-state index contributed by atoms with van der Waals surface area (Å²) in [6, 6.07) is 0.685. The quantitative estimate of drug-likeness (QED) is 0.729. The highest BCUT2D eigenvalue weighted by Gasteiger charge is 2.67. The zero-order chi connectivity index (χ0) is 11.1. The van der Waals surface area contributed by atoms with Gasteiger partial charge in [-0.05, 0) is 29.2 Å². The molecule has 1 heteroatoms. The minimum Gasteiger partial charge on any atom is -0.314 e. The molecule has 1 rings (SSSR count). The van der Waals surface area contributed by atoms with E-state index >= 15 is 0 Å². The van der Waals surface area contributed by atoms with Gasteiger partial charge in [0.2, 0.25) is 0 Å². The molecule has 0 aliphatic heterocycles. The molecule has 0 saturated heterocycles. The van der Waals surface area contributed by atoms with E-state index in [-0.39, 0.29) is 0 Å². The molecule has 1 saturated carbocycles. The molecule has 1 atom stereocenters. The molecule has 0 aromatic carbocycles. The molecule has 0 bridgehead atoms. The maximum absolute atomic E-state index is 3.66. The van der Waals surface area contributed by atoms with Gasteiger partial charge in [0.15, 0.2) is 0 Å². The van der Waals surface area contributed by atoms with Crippen LogP contribution in [0.1, 0.15) is 48.5 Å². The Morgan fingerprint density at radius 3 is 1.71 bits per heavy atom. The van der Waals surface area contributed by atoms with Crippen LogP contribution >= 0.6 is 0 Å². The monoisotopic (exact) mass is 197 g/mol. The van der Waals surface area contributed by atoms with Crippen LogP contribution in [0.3, 0.4) is 0 Å². The SMILES string of the molecule is CCNC(C(C)C)C1C(C)(C)C1(C)C. The molecule has 1 aliphatic carbocycles. The Bertz CT molecular complexity index is 189. The van der Waals surface area contributed by atoms with E-state index in [9.17, 15) is 0 Å². The van der Waals surface area contributed by atoms with E-state index < -0.39 is 0 Å². The first kappa shape index (κ1) is 12.0. The van der Waals surface area contributed by atoms with Gasteiger partial charge in [-0.2, -0.15) is 0 Å². The third-order valence-corrected chi connectivity index (χ3v) is 4.65. The van der Waals surface area contributed by atoms with Gasteiger partial charge in [0.1, 0.15) is 0 Å². The average molecular weight is 197 g/mol.